The van der Waals surface area contributed by atoms with E-state index in [1.165, 1.54) is 0 Å². The molecule has 0 spiro atoms. The fourth-order valence-electron chi connectivity index (χ4n) is 2.24. The van der Waals surface area contributed by atoms with Gasteiger partial charge in [-0.1, -0.05) is 44.2 Å². The van der Waals surface area contributed by atoms with Crippen molar-refractivity contribution in [2.24, 2.45) is 0 Å². The molecule has 18 heavy (non-hydrogen) atoms. The standard InChI is InChI=1S/C16H24N2/c1-5-7-11(3)13-9-14(12(4)8-6-2)16(18)10-15(13)17/h5-12H,17-18H2,1-4H3/b7-5+,8-6+. The molecule has 0 radical (unpaired) electrons. The zero-order valence-corrected chi connectivity index (χ0v) is 11.8. The molecule has 98 valence electrons. The van der Waals surface area contributed by atoms with Crippen LogP contribution in [0, 0.1) is 0 Å². The van der Waals surface area contributed by atoms with E-state index < -0.39 is 0 Å². The maximum atomic E-state index is 6.06. The van der Waals surface area contributed by atoms with Crippen LogP contribution in [0.25, 0.3) is 0 Å². The molecular weight excluding hydrogens is 220 g/mol. The van der Waals surface area contributed by atoms with Crippen molar-refractivity contribution in [1.82, 2.24) is 0 Å². The topological polar surface area (TPSA) is 52.0 Å². The Morgan fingerprint density at radius 3 is 1.56 bits per heavy atom. The molecule has 0 aromatic heterocycles. The number of allylic oxidation sites excluding steroid dienone is 4. The molecule has 0 amide bonds. The Balaban J connectivity index is 3.25. The summed E-state index contributed by atoms with van der Waals surface area (Å²) in [5.41, 5.74) is 16.0. The molecule has 1 aromatic carbocycles. The number of anilines is 2. The Labute approximate surface area is 110 Å². The third-order valence-electron chi connectivity index (χ3n) is 3.23. The van der Waals surface area contributed by atoms with Gasteiger partial charge >= 0.3 is 0 Å². The van der Waals surface area contributed by atoms with E-state index in [0.717, 1.165) is 22.5 Å². The maximum absolute atomic E-state index is 6.06. The van der Waals surface area contributed by atoms with E-state index in [9.17, 15) is 0 Å². The number of nitrogens with two attached hydrogens (primary N) is 2. The first-order valence-electron chi connectivity index (χ1n) is 6.45. The Morgan fingerprint density at radius 1 is 0.833 bits per heavy atom. The second-order valence-electron chi connectivity index (χ2n) is 4.74. The Bertz CT molecular complexity index is 419. The molecule has 4 N–H and O–H groups in total. The second-order valence-corrected chi connectivity index (χ2v) is 4.74. The van der Waals surface area contributed by atoms with Gasteiger partial charge in [0, 0.05) is 23.2 Å². The van der Waals surface area contributed by atoms with Crippen molar-refractivity contribution >= 4 is 11.4 Å². The van der Waals surface area contributed by atoms with Crippen LogP contribution in [0.1, 0.15) is 50.7 Å². The fraction of sp³-hybridized carbons (Fsp3) is 0.375. The molecular formula is C16H24N2. The minimum atomic E-state index is 0.312. The Kier molecular flexibility index (Phi) is 5.02. The van der Waals surface area contributed by atoms with Crippen molar-refractivity contribution in [2.45, 2.75) is 39.5 Å². The predicted molar refractivity (Wildman–Crippen MR) is 81.7 cm³/mol. The van der Waals surface area contributed by atoms with E-state index in [-0.39, 0.29) is 0 Å². The summed E-state index contributed by atoms with van der Waals surface area (Å²) in [4.78, 5) is 0. The SMILES string of the molecule is C/C=C/C(C)c1cc(C(C)/C=C/C)c(N)cc1N. The quantitative estimate of drug-likeness (QED) is 0.615. The highest BCUT2D eigenvalue weighted by molar-refractivity contribution is 5.64. The summed E-state index contributed by atoms with van der Waals surface area (Å²) in [6.45, 7) is 8.33. The summed E-state index contributed by atoms with van der Waals surface area (Å²) in [5.74, 6) is 0.624. The van der Waals surface area contributed by atoms with Crippen LogP contribution in [0.3, 0.4) is 0 Å². The molecule has 1 aromatic rings. The third kappa shape index (κ3) is 3.16. The molecule has 0 aliphatic heterocycles. The summed E-state index contributed by atoms with van der Waals surface area (Å²) in [5, 5.41) is 0. The normalized spacial score (nSPS) is 15.3. The van der Waals surface area contributed by atoms with Crippen molar-refractivity contribution in [2.75, 3.05) is 11.5 Å². The molecule has 1 rings (SSSR count). The zero-order valence-electron chi connectivity index (χ0n) is 11.8. The molecule has 2 unspecified atom stereocenters. The Hall–Kier alpha value is -1.70. The molecule has 0 saturated carbocycles. The van der Waals surface area contributed by atoms with Crippen molar-refractivity contribution < 1.29 is 0 Å². The molecule has 2 nitrogen and oxygen atoms in total. The van der Waals surface area contributed by atoms with Gasteiger partial charge in [-0.25, -0.2) is 0 Å². The summed E-state index contributed by atoms with van der Waals surface area (Å²) in [6.07, 6.45) is 8.39. The molecule has 2 atom stereocenters. The maximum Gasteiger partial charge on any atom is 0.0373 e. The number of hydrogen-bond donors (Lipinski definition) is 2. The van der Waals surface area contributed by atoms with Gasteiger partial charge in [0.25, 0.3) is 0 Å². The van der Waals surface area contributed by atoms with Gasteiger partial charge in [0.2, 0.25) is 0 Å². The van der Waals surface area contributed by atoms with E-state index in [1.54, 1.807) is 0 Å². The molecule has 0 heterocycles. The fourth-order valence-corrected chi connectivity index (χ4v) is 2.24. The van der Waals surface area contributed by atoms with Gasteiger partial charge in [0.1, 0.15) is 0 Å². The second kappa shape index (κ2) is 6.29. The number of nitrogen functional groups attached to an aromatic ring is 2. The molecule has 0 aliphatic rings. The smallest absolute Gasteiger partial charge is 0.0373 e. The first-order chi connectivity index (χ1) is 8.51. The van der Waals surface area contributed by atoms with Crippen molar-refractivity contribution in [3.05, 3.63) is 47.6 Å². The van der Waals surface area contributed by atoms with Crippen LogP contribution < -0.4 is 11.5 Å². The summed E-state index contributed by atoms with van der Waals surface area (Å²) >= 11 is 0. The van der Waals surface area contributed by atoms with Crippen LogP contribution in [-0.2, 0) is 0 Å². The van der Waals surface area contributed by atoms with Crippen LogP contribution in [0.2, 0.25) is 0 Å². The van der Waals surface area contributed by atoms with Crippen LogP contribution in [0.4, 0.5) is 11.4 Å². The highest BCUT2D eigenvalue weighted by Crippen LogP contribution is 2.32. The zero-order chi connectivity index (χ0) is 13.7. The van der Waals surface area contributed by atoms with Gasteiger partial charge in [-0.2, -0.15) is 0 Å². The first-order valence-corrected chi connectivity index (χ1v) is 6.45. The summed E-state index contributed by atoms with van der Waals surface area (Å²) < 4.78 is 0. The molecule has 0 bridgehead atoms. The lowest BCUT2D eigenvalue weighted by Gasteiger charge is -2.17. The van der Waals surface area contributed by atoms with Crippen LogP contribution in [0.5, 0.6) is 0 Å². The predicted octanol–water partition coefficient (Wildman–Crippen LogP) is 4.21. The van der Waals surface area contributed by atoms with Gasteiger partial charge in [0.15, 0.2) is 0 Å². The highest BCUT2D eigenvalue weighted by atomic mass is 14.6. The van der Waals surface area contributed by atoms with Crippen molar-refractivity contribution in [3.8, 4) is 0 Å². The van der Waals surface area contributed by atoms with Crippen LogP contribution >= 0.6 is 0 Å². The Morgan fingerprint density at radius 2 is 1.22 bits per heavy atom. The highest BCUT2D eigenvalue weighted by Gasteiger charge is 2.13. The largest absolute Gasteiger partial charge is 0.398 e. The van der Waals surface area contributed by atoms with Gasteiger partial charge in [-0.05, 0) is 31.0 Å². The number of rotatable bonds is 4. The summed E-state index contributed by atoms with van der Waals surface area (Å²) in [6, 6.07) is 4.02. The van der Waals surface area contributed by atoms with E-state index in [0.29, 0.717) is 11.8 Å². The lowest BCUT2D eigenvalue weighted by Crippen LogP contribution is -2.04. The van der Waals surface area contributed by atoms with Crippen LogP contribution in [0.15, 0.2) is 36.4 Å². The molecule has 2 heteroatoms. The average molecular weight is 244 g/mol. The minimum absolute atomic E-state index is 0.312. The average Bonchev–Trinajstić information content (AvgIpc) is 2.29. The van der Waals surface area contributed by atoms with E-state index in [2.05, 4.69) is 44.2 Å². The van der Waals surface area contributed by atoms with E-state index in [4.69, 9.17) is 11.5 Å². The van der Waals surface area contributed by atoms with Gasteiger partial charge < -0.3 is 11.5 Å². The monoisotopic (exact) mass is 244 g/mol. The van der Waals surface area contributed by atoms with Crippen LogP contribution in [-0.4, -0.2) is 0 Å². The minimum Gasteiger partial charge on any atom is -0.398 e. The lowest BCUT2D eigenvalue weighted by atomic mass is 9.91. The first kappa shape index (κ1) is 14.4. The van der Waals surface area contributed by atoms with Gasteiger partial charge in [0.05, 0.1) is 0 Å². The van der Waals surface area contributed by atoms with Gasteiger partial charge in [-0.3, -0.25) is 0 Å². The molecule has 0 fully saturated rings. The van der Waals surface area contributed by atoms with Crippen molar-refractivity contribution in [1.29, 1.82) is 0 Å². The number of benzene rings is 1. The molecule has 0 saturated heterocycles. The number of hydrogen-bond acceptors (Lipinski definition) is 2. The van der Waals surface area contributed by atoms with E-state index in [1.807, 2.05) is 19.9 Å². The summed E-state index contributed by atoms with van der Waals surface area (Å²) in [7, 11) is 0. The molecule has 0 aliphatic carbocycles. The van der Waals surface area contributed by atoms with Crippen molar-refractivity contribution in [3.63, 3.8) is 0 Å². The third-order valence-corrected chi connectivity index (χ3v) is 3.23. The lowest BCUT2D eigenvalue weighted by molar-refractivity contribution is 0.931. The van der Waals surface area contributed by atoms with Gasteiger partial charge in [-0.15, -0.1) is 0 Å². The van der Waals surface area contributed by atoms with E-state index >= 15 is 0 Å².